The summed E-state index contributed by atoms with van der Waals surface area (Å²) in [5, 5.41) is 2.05. The van der Waals surface area contributed by atoms with Crippen LogP contribution >= 0.6 is 23.1 Å². The normalized spacial score (nSPS) is 10.2. The first kappa shape index (κ1) is 10.4. The van der Waals surface area contributed by atoms with E-state index >= 15 is 0 Å². The second-order valence-electron chi connectivity index (χ2n) is 2.96. The molecule has 4 heteroatoms. The van der Waals surface area contributed by atoms with Crippen LogP contribution in [-0.2, 0) is 4.79 Å². The van der Waals surface area contributed by atoms with Crippen molar-refractivity contribution < 1.29 is 4.79 Å². The van der Waals surface area contributed by atoms with E-state index in [4.69, 9.17) is 0 Å². The number of aromatic nitrogens is 1. The molecule has 0 fully saturated rings. The van der Waals surface area contributed by atoms with Gasteiger partial charge in [0.05, 0.1) is 5.69 Å². The Morgan fingerprint density at radius 3 is 2.73 bits per heavy atom. The van der Waals surface area contributed by atoms with Gasteiger partial charge in [0.25, 0.3) is 0 Å². The molecule has 0 radical (unpaired) electrons. The molecule has 0 bridgehead atoms. The molecule has 2 rings (SSSR count). The zero-order chi connectivity index (χ0) is 10.7. The highest BCUT2D eigenvalue weighted by molar-refractivity contribution is 8.14. The molecule has 0 atom stereocenters. The van der Waals surface area contributed by atoms with Crippen LogP contribution in [0, 0.1) is 0 Å². The van der Waals surface area contributed by atoms with E-state index in [2.05, 4.69) is 4.98 Å². The minimum atomic E-state index is 0.0731. The first-order valence-electron chi connectivity index (χ1n) is 4.45. The second kappa shape index (κ2) is 4.59. The number of hydrogen-bond donors (Lipinski definition) is 0. The topological polar surface area (TPSA) is 30.0 Å². The van der Waals surface area contributed by atoms with Gasteiger partial charge < -0.3 is 0 Å². The van der Waals surface area contributed by atoms with E-state index in [-0.39, 0.29) is 5.12 Å². The summed E-state index contributed by atoms with van der Waals surface area (Å²) >= 11 is 2.69. The molecule has 0 N–H and O–H groups in total. The van der Waals surface area contributed by atoms with Gasteiger partial charge in [-0.1, -0.05) is 30.3 Å². The molecule has 0 spiro atoms. The summed E-state index contributed by atoms with van der Waals surface area (Å²) in [4.78, 5) is 15.3. The van der Waals surface area contributed by atoms with E-state index in [1.165, 1.54) is 23.1 Å². The molecule has 0 aliphatic rings. The van der Waals surface area contributed by atoms with Gasteiger partial charge in [-0.05, 0) is 11.8 Å². The lowest BCUT2D eigenvalue weighted by Crippen LogP contribution is -1.80. The molecule has 2 nitrogen and oxygen atoms in total. The van der Waals surface area contributed by atoms with Gasteiger partial charge in [-0.3, -0.25) is 4.79 Å². The second-order valence-corrected chi connectivity index (χ2v) is 5.24. The van der Waals surface area contributed by atoms with Crippen molar-refractivity contribution in [2.24, 2.45) is 0 Å². The van der Waals surface area contributed by atoms with E-state index in [1.54, 1.807) is 6.92 Å². The van der Waals surface area contributed by atoms with Crippen molar-refractivity contribution in [3.8, 4) is 11.3 Å². The molecule has 0 aliphatic heterocycles. The van der Waals surface area contributed by atoms with Crippen LogP contribution in [0.1, 0.15) is 6.92 Å². The monoisotopic (exact) mass is 235 g/mol. The van der Waals surface area contributed by atoms with Crippen molar-refractivity contribution in [1.82, 2.24) is 4.98 Å². The number of nitrogens with zero attached hydrogens (tertiary/aromatic N) is 1. The van der Waals surface area contributed by atoms with Gasteiger partial charge in [-0.15, -0.1) is 11.3 Å². The van der Waals surface area contributed by atoms with Crippen LogP contribution in [0.2, 0.25) is 0 Å². The smallest absolute Gasteiger partial charge is 0.192 e. The summed E-state index contributed by atoms with van der Waals surface area (Å²) < 4.78 is 0.807. The van der Waals surface area contributed by atoms with Gasteiger partial charge in [0, 0.05) is 17.9 Å². The average Bonchev–Trinajstić information content (AvgIpc) is 2.67. The third-order valence-corrected chi connectivity index (χ3v) is 3.51. The van der Waals surface area contributed by atoms with Gasteiger partial charge in [-0.2, -0.15) is 0 Å². The minimum Gasteiger partial charge on any atom is -0.287 e. The largest absolute Gasteiger partial charge is 0.287 e. The van der Waals surface area contributed by atoms with Crippen molar-refractivity contribution in [3.63, 3.8) is 0 Å². The number of carbonyl (C=O) groups excluding carboxylic acids is 1. The number of thioether (sulfide) groups is 1. The van der Waals surface area contributed by atoms with Crippen molar-refractivity contribution in [2.75, 3.05) is 0 Å². The minimum absolute atomic E-state index is 0.0731. The Kier molecular flexibility index (Phi) is 3.18. The van der Waals surface area contributed by atoms with Crippen LogP contribution < -0.4 is 0 Å². The fourth-order valence-electron chi connectivity index (χ4n) is 1.17. The first-order chi connectivity index (χ1) is 7.25. The Labute approximate surface area is 96.4 Å². The maximum Gasteiger partial charge on any atom is 0.192 e. The van der Waals surface area contributed by atoms with Gasteiger partial charge in [0.1, 0.15) is 0 Å². The molecular weight excluding hydrogens is 226 g/mol. The van der Waals surface area contributed by atoms with E-state index in [0.717, 1.165) is 15.6 Å². The molecule has 0 aliphatic carbocycles. The molecule has 15 heavy (non-hydrogen) atoms. The molecule has 0 unspecified atom stereocenters. The SMILES string of the molecule is CC(=O)Sc1nc(-c2ccccc2)cs1. The third kappa shape index (κ3) is 2.67. The Hall–Kier alpha value is -1.13. The number of carbonyl (C=O) groups is 1. The Bertz CT molecular complexity index is 464. The first-order valence-corrected chi connectivity index (χ1v) is 6.14. The lowest BCUT2D eigenvalue weighted by atomic mass is 10.2. The summed E-state index contributed by atoms with van der Waals surface area (Å²) in [6.45, 7) is 1.55. The highest BCUT2D eigenvalue weighted by Crippen LogP contribution is 2.28. The lowest BCUT2D eigenvalue weighted by Gasteiger charge is -1.93. The fourth-order valence-corrected chi connectivity index (χ4v) is 2.80. The van der Waals surface area contributed by atoms with E-state index in [0.29, 0.717) is 0 Å². The fraction of sp³-hybridized carbons (Fsp3) is 0.0909. The van der Waals surface area contributed by atoms with Gasteiger partial charge in [0.15, 0.2) is 9.45 Å². The van der Waals surface area contributed by atoms with E-state index < -0.39 is 0 Å². The van der Waals surface area contributed by atoms with Crippen LogP contribution in [0.3, 0.4) is 0 Å². The van der Waals surface area contributed by atoms with Crippen LogP contribution in [0.15, 0.2) is 40.1 Å². The average molecular weight is 235 g/mol. The molecular formula is C11H9NOS2. The van der Waals surface area contributed by atoms with Crippen molar-refractivity contribution >= 4 is 28.2 Å². The number of thiazole rings is 1. The molecule has 1 heterocycles. The van der Waals surface area contributed by atoms with E-state index in [1.807, 2.05) is 35.7 Å². The molecule has 76 valence electrons. The summed E-state index contributed by atoms with van der Waals surface area (Å²) in [6, 6.07) is 9.95. The van der Waals surface area contributed by atoms with Crippen LogP contribution in [0.4, 0.5) is 0 Å². The van der Waals surface area contributed by atoms with E-state index in [9.17, 15) is 4.79 Å². The Balaban J connectivity index is 2.24. The molecule has 2 aromatic rings. The quantitative estimate of drug-likeness (QED) is 0.747. The number of rotatable bonds is 2. The predicted octanol–water partition coefficient (Wildman–Crippen LogP) is 3.45. The summed E-state index contributed by atoms with van der Waals surface area (Å²) in [5.41, 5.74) is 2.02. The third-order valence-electron chi connectivity index (χ3n) is 1.78. The highest BCUT2D eigenvalue weighted by Gasteiger charge is 2.06. The molecule has 1 aromatic carbocycles. The molecule has 0 saturated heterocycles. The zero-order valence-electron chi connectivity index (χ0n) is 8.14. The summed E-state index contributed by atoms with van der Waals surface area (Å²) in [6.07, 6.45) is 0. The molecule has 0 saturated carbocycles. The van der Waals surface area contributed by atoms with Crippen LogP contribution in [0.25, 0.3) is 11.3 Å². The predicted molar refractivity (Wildman–Crippen MR) is 64.1 cm³/mol. The highest BCUT2D eigenvalue weighted by atomic mass is 32.2. The standard InChI is InChI=1S/C11H9NOS2/c1-8(13)15-11-12-10(7-14-11)9-5-3-2-4-6-9/h2-7H,1H3. The maximum atomic E-state index is 10.9. The Morgan fingerprint density at radius 2 is 2.07 bits per heavy atom. The van der Waals surface area contributed by atoms with Gasteiger partial charge >= 0.3 is 0 Å². The van der Waals surface area contributed by atoms with Crippen LogP contribution in [0.5, 0.6) is 0 Å². The summed E-state index contributed by atoms with van der Waals surface area (Å²) in [7, 11) is 0. The Morgan fingerprint density at radius 1 is 1.33 bits per heavy atom. The zero-order valence-corrected chi connectivity index (χ0v) is 9.77. The molecule has 0 amide bonds. The van der Waals surface area contributed by atoms with Gasteiger partial charge in [0.2, 0.25) is 0 Å². The number of hydrogen-bond acceptors (Lipinski definition) is 4. The van der Waals surface area contributed by atoms with Crippen molar-refractivity contribution in [3.05, 3.63) is 35.7 Å². The molecule has 1 aromatic heterocycles. The summed E-state index contributed by atoms with van der Waals surface area (Å²) in [5.74, 6) is 0. The van der Waals surface area contributed by atoms with Crippen molar-refractivity contribution in [2.45, 2.75) is 11.3 Å². The maximum absolute atomic E-state index is 10.9. The number of benzene rings is 1. The van der Waals surface area contributed by atoms with Crippen molar-refractivity contribution in [1.29, 1.82) is 0 Å². The lowest BCUT2D eigenvalue weighted by molar-refractivity contribution is -0.109. The van der Waals surface area contributed by atoms with Gasteiger partial charge in [-0.25, -0.2) is 4.98 Å². The van der Waals surface area contributed by atoms with Crippen LogP contribution in [-0.4, -0.2) is 10.1 Å².